The number of hydrogen-bond donors (Lipinski definition) is 1. The lowest BCUT2D eigenvalue weighted by Gasteiger charge is -2.11. The second kappa shape index (κ2) is 7.84. The van der Waals surface area contributed by atoms with Crippen molar-refractivity contribution in [3.8, 4) is 0 Å². The molecule has 0 saturated heterocycles. The Bertz CT molecular complexity index is 808. The van der Waals surface area contributed by atoms with Gasteiger partial charge in [-0.05, 0) is 31.5 Å². The molecule has 23 heavy (non-hydrogen) atoms. The maximum Gasteiger partial charge on any atom is 0.410 e. The molecule has 1 N–H and O–H groups in total. The average molecular weight is 355 g/mol. The van der Waals surface area contributed by atoms with Crippen LogP contribution < -0.4 is 5.32 Å². The highest BCUT2D eigenvalue weighted by Crippen LogP contribution is 2.19. The van der Waals surface area contributed by atoms with Crippen molar-refractivity contribution in [3.05, 3.63) is 35.4 Å². The third-order valence-electron chi connectivity index (χ3n) is 2.48. The molecule has 0 aliphatic carbocycles. The van der Waals surface area contributed by atoms with Crippen LogP contribution in [-0.2, 0) is 19.5 Å². The van der Waals surface area contributed by atoms with Crippen LogP contribution in [0.1, 0.15) is 12.5 Å². The van der Waals surface area contributed by atoms with Crippen LogP contribution >= 0.6 is 11.6 Å². The Kier molecular flexibility index (Phi) is 5.83. The maximum absolute atomic E-state index is 12.1. The van der Waals surface area contributed by atoms with Crippen molar-refractivity contribution in [2.75, 3.05) is 11.9 Å². The van der Waals surface area contributed by atoms with E-state index < -0.39 is 16.7 Å². The summed E-state index contributed by atoms with van der Waals surface area (Å²) in [6.07, 6.45) is 0.397. The van der Waals surface area contributed by atoms with Crippen LogP contribution in [0.3, 0.4) is 0 Å². The summed E-state index contributed by atoms with van der Waals surface area (Å²) in [7, 11) is -1.87. The van der Waals surface area contributed by atoms with Crippen LogP contribution in [-0.4, -0.2) is 27.7 Å². The van der Waals surface area contributed by atoms with Gasteiger partial charge in [-0.2, -0.15) is 4.98 Å². The van der Waals surface area contributed by atoms with E-state index in [2.05, 4.69) is 29.4 Å². The topological polar surface area (TPSA) is 106 Å². The third kappa shape index (κ3) is 5.15. The lowest BCUT2D eigenvalue weighted by Crippen LogP contribution is -2.00. The first-order valence-corrected chi connectivity index (χ1v) is 8.00. The zero-order valence-corrected chi connectivity index (χ0v) is 13.9. The van der Waals surface area contributed by atoms with Crippen LogP contribution in [0.2, 0.25) is 5.28 Å². The number of aryl methyl sites for hydroxylation is 1. The van der Waals surface area contributed by atoms with E-state index in [0.717, 1.165) is 5.56 Å². The molecule has 0 atom stereocenters. The first-order valence-electron chi connectivity index (χ1n) is 6.51. The van der Waals surface area contributed by atoms with Gasteiger partial charge in [0, 0.05) is 5.69 Å². The molecule has 0 aliphatic rings. The molecule has 1 aromatic carbocycles. The summed E-state index contributed by atoms with van der Waals surface area (Å²) in [6.45, 7) is 3.63. The Balaban J connectivity index is 2.28. The Hall–Kier alpha value is -2.26. The minimum atomic E-state index is -1.87. The Morgan fingerprint density at radius 1 is 1.39 bits per heavy atom. The first kappa shape index (κ1) is 17.1. The lowest BCUT2D eigenvalue weighted by molar-refractivity contribution is 0.164. The van der Waals surface area contributed by atoms with Crippen molar-refractivity contribution in [1.82, 2.24) is 15.0 Å². The predicted octanol–water partition coefficient (Wildman–Crippen LogP) is 3.24. The molecule has 8 nitrogen and oxygen atoms in total. The van der Waals surface area contributed by atoms with E-state index in [4.69, 9.17) is 11.6 Å². The summed E-state index contributed by atoms with van der Waals surface area (Å²) in [5.41, 5.74) is 1.40. The molecule has 0 saturated carbocycles. The number of carbonyl (C=O) groups is 1. The quantitative estimate of drug-likeness (QED) is 0.840. The Morgan fingerprint density at radius 2 is 2.17 bits per heavy atom. The number of benzene rings is 1. The summed E-state index contributed by atoms with van der Waals surface area (Å²) in [6, 6.07) is 5.02. The van der Waals surface area contributed by atoms with E-state index in [1.165, 1.54) is 6.33 Å². The number of halogens is 1. The lowest BCUT2D eigenvalue weighted by atomic mass is 10.2. The molecular weight excluding hydrogens is 342 g/mol. The molecule has 0 bridgehead atoms. The highest BCUT2D eigenvalue weighted by atomic mass is 35.5. The van der Waals surface area contributed by atoms with E-state index in [0.29, 0.717) is 10.6 Å². The predicted molar refractivity (Wildman–Crippen MR) is 85.1 cm³/mol. The molecule has 2 aromatic rings. The molecule has 10 heteroatoms. The highest BCUT2D eigenvalue weighted by molar-refractivity contribution is 7.75. The van der Waals surface area contributed by atoms with Crippen molar-refractivity contribution in [3.63, 3.8) is 0 Å². The van der Waals surface area contributed by atoms with Gasteiger partial charge in [0.05, 0.1) is 6.61 Å². The number of amides is 1. The monoisotopic (exact) mass is 354 g/mol. The fraction of sp³-hybridized carbons (Fsp3) is 0.231. The number of hydrogen-bond acceptors (Lipinski definition) is 8. The molecule has 2 rings (SSSR count). The van der Waals surface area contributed by atoms with E-state index in [1.807, 2.05) is 6.92 Å². The maximum atomic E-state index is 12.1. The van der Waals surface area contributed by atoms with Crippen LogP contribution in [0.15, 0.2) is 33.8 Å². The molecular formula is C13H13ClN5O3S-. The average Bonchev–Trinajstić information content (AvgIpc) is 2.46. The number of anilines is 2. The Labute approximate surface area is 139 Å². The summed E-state index contributed by atoms with van der Waals surface area (Å²) in [4.78, 5) is 23.1. The molecule has 122 valence electrons. The van der Waals surface area contributed by atoms with Gasteiger partial charge in [0.25, 0.3) is 0 Å². The number of carbonyl (C=O) groups excluding carboxylic acids is 1. The number of ether oxygens (including phenoxy) is 1. The smallest absolute Gasteiger partial charge is 0.410 e. The fourth-order valence-electron chi connectivity index (χ4n) is 1.66. The van der Waals surface area contributed by atoms with Gasteiger partial charge in [-0.15, -0.1) is 10.6 Å². The SMILES string of the molecule is CCOC(=O)N=[S-](=O)c1cc(C)cc(Nc2ncnc(Cl)n2)c1. The van der Waals surface area contributed by atoms with Crippen molar-refractivity contribution in [1.29, 1.82) is 0 Å². The molecule has 1 heterocycles. The zero-order valence-electron chi connectivity index (χ0n) is 12.3. The standard InChI is InChI=1S/C13H13ClN5O3S/c1-3-22-13(20)19-23(21)10-5-8(2)4-9(6-10)17-12-16-7-15-11(14)18-12/h4-7H,3H2,1-2H3,(H,15,16,17,18)/q-1. The van der Waals surface area contributed by atoms with Crippen LogP contribution in [0.4, 0.5) is 16.4 Å². The van der Waals surface area contributed by atoms with Crippen LogP contribution in [0.25, 0.3) is 0 Å². The minimum Gasteiger partial charge on any atom is -0.450 e. The van der Waals surface area contributed by atoms with Crippen molar-refractivity contribution in [2.45, 2.75) is 18.7 Å². The zero-order chi connectivity index (χ0) is 16.8. The van der Waals surface area contributed by atoms with E-state index >= 15 is 0 Å². The van der Waals surface area contributed by atoms with Crippen molar-refractivity contribution < 1.29 is 13.7 Å². The second-order valence-electron chi connectivity index (χ2n) is 4.28. The molecule has 0 radical (unpaired) electrons. The number of nitrogens with one attached hydrogen (secondary N) is 1. The van der Waals surface area contributed by atoms with Crippen molar-refractivity contribution >= 4 is 39.9 Å². The van der Waals surface area contributed by atoms with Gasteiger partial charge in [-0.3, -0.25) is 4.36 Å². The molecule has 0 unspecified atom stereocenters. The van der Waals surface area contributed by atoms with E-state index in [-0.39, 0.29) is 17.8 Å². The molecule has 0 fully saturated rings. The van der Waals surface area contributed by atoms with Crippen LogP contribution in [0, 0.1) is 6.92 Å². The van der Waals surface area contributed by atoms with Gasteiger partial charge in [0.15, 0.2) is 0 Å². The van der Waals surface area contributed by atoms with Gasteiger partial charge in [0.2, 0.25) is 11.2 Å². The second-order valence-corrected chi connectivity index (χ2v) is 5.77. The van der Waals surface area contributed by atoms with Gasteiger partial charge in [-0.1, -0.05) is 22.6 Å². The van der Waals surface area contributed by atoms with E-state index in [1.54, 1.807) is 25.1 Å². The summed E-state index contributed by atoms with van der Waals surface area (Å²) < 4.78 is 20.2. The highest BCUT2D eigenvalue weighted by Gasteiger charge is 2.01. The summed E-state index contributed by atoms with van der Waals surface area (Å²) in [5.74, 6) is 0.245. The van der Waals surface area contributed by atoms with Gasteiger partial charge in [-0.25, -0.2) is 14.8 Å². The van der Waals surface area contributed by atoms with Crippen LogP contribution in [0.5, 0.6) is 0 Å². The molecule has 1 amide bonds. The normalized spacial score (nSPS) is 12.0. The summed E-state index contributed by atoms with van der Waals surface area (Å²) in [5, 5.41) is 2.97. The molecule has 0 spiro atoms. The van der Waals surface area contributed by atoms with Crippen molar-refractivity contribution in [2.24, 2.45) is 4.36 Å². The number of nitrogens with zero attached hydrogens (tertiary/aromatic N) is 4. The van der Waals surface area contributed by atoms with Gasteiger partial charge < -0.3 is 14.3 Å². The first-order chi connectivity index (χ1) is 11.0. The Morgan fingerprint density at radius 3 is 2.87 bits per heavy atom. The largest absolute Gasteiger partial charge is 0.450 e. The van der Waals surface area contributed by atoms with E-state index in [9.17, 15) is 9.00 Å². The van der Waals surface area contributed by atoms with Gasteiger partial charge >= 0.3 is 6.09 Å². The molecule has 1 aromatic heterocycles. The van der Waals surface area contributed by atoms with Gasteiger partial charge in [0.1, 0.15) is 6.33 Å². The number of aromatic nitrogens is 3. The fourth-order valence-corrected chi connectivity index (χ4v) is 2.59. The minimum absolute atomic E-state index is 0.0521. The third-order valence-corrected chi connectivity index (χ3v) is 3.61. The summed E-state index contributed by atoms with van der Waals surface area (Å²) >= 11 is 5.69. The molecule has 0 aliphatic heterocycles. The number of rotatable bonds is 4.